The molecule has 0 bridgehead atoms. The molecular weight excluding hydrogens is 390 g/mol. The zero-order chi connectivity index (χ0) is 19.6. The van der Waals surface area contributed by atoms with Gasteiger partial charge in [0.05, 0.1) is 17.0 Å². The second-order valence-electron chi connectivity index (χ2n) is 5.89. The highest BCUT2D eigenvalue weighted by Crippen LogP contribution is 2.27. The fourth-order valence-electron chi connectivity index (χ4n) is 2.53. The van der Waals surface area contributed by atoms with Gasteiger partial charge in [-0.2, -0.15) is 5.10 Å². The normalized spacial score (nSPS) is 11.3. The molecule has 0 radical (unpaired) electrons. The largest absolute Gasteiger partial charge is 0.478 e. The van der Waals surface area contributed by atoms with Crippen LogP contribution < -0.4 is 4.72 Å². The van der Waals surface area contributed by atoms with Crippen molar-refractivity contribution in [1.82, 2.24) is 9.78 Å². The van der Waals surface area contributed by atoms with Gasteiger partial charge in [-0.15, -0.1) is 0 Å². The molecule has 3 aromatic rings. The molecule has 3 rings (SSSR count). The number of hydrogen-bond acceptors (Lipinski definition) is 4. The lowest BCUT2D eigenvalue weighted by molar-refractivity contribution is 0.0696. The topological polar surface area (TPSA) is 101 Å². The summed E-state index contributed by atoms with van der Waals surface area (Å²) in [6.45, 7) is 2.09. The Labute approximate surface area is 161 Å². The van der Waals surface area contributed by atoms with Crippen molar-refractivity contribution in [3.05, 3.63) is 76.6 Å². The number of carboxylic acid groups (broad SMARTS) is 1. The van der Waals surface area contributed by atoms with Crippen LogP contribution in [0.15, 0.2) is 59.8 Å². The summed E-state index contributed by atoms with van der Waals surface area (Å²) in [4.78, 5) is 11.0. The van der Waals surface area contributed by atoms with Gasteiger partial charge in [-0.05, 0) is 48.4 Å². The number of carbonyl (C=O) groups is 1. The lowest BCUT2D eigenvalue weighted by atomic mass is 10.1. The van der Waals surface area contributed by atoms with Crippen molar-refractivity contribution in [3.8, 4) is 0 Å². The zero-order valence-corrected chi connectivity index (χ0v) is 15.8. The first-order valence-corrected chi connectivity index (χ1v) is 9.75. The number of aromatic carboxylic acids is 1. The number of hydrogen-bond donors (Lipinski definition) is 2. The summed E-state index contributed by atoms with van der Waals surface area (Å²) in [7, 11) is -4.00. The second kappa shape index (κ2) is 7.42. The van der Waals surface area contributed by atoms with Gasteiger partial charge in [0, 0.05) is 23.1 Å². The summed E-state index contributed by atoms with van der Waals surface area (Å²) in [6.07, 6.45) is 3.51. The van der Waals surface area contributed by atoms with Gasteiger partial charge in [0.1, 0.15) is 0 Å². The number of aromatic nitrogens is 2. The van der Waals surface area contributed by atoms with Crippen LogP contribution in [-0.2, 0) is 16.6 Å². The minimum absolute atomic E-state index is 0.0739. The third-order valence-corrected chi connectivity index (χ3v) is 5.84. The number of carboxylic acids is 1. The number of rotatable bonds is 6. The predicted molar refractivity (Wildman–Crippen MR) is 102 cm³/mol. The van der Waals surface area contributed by atoms with Crippen LogP contribution in [0.25, 0.3) is 0 Å². The lowest BCUT2D eigenvalue weighted by Crippen LogP contribution is -2.15. The average Bonchev–Trinajstić information content (AvgIpc) is 3.11. The third-order valence-electron chi connectivity index (χ3n) is 3.94. The fraction of sp³-hybridized carbons (Fsp3) is 0.111. The molecule has 0 aliphatic carbocycles. The molecule has 1 aromatic heterocycles. The van der Waals surface area contributed by atoms with E-state index in [4.69, 9.17) is 16.7 Å². The molecule has 0 amide bonds. The summed E-state index contributed by atoms with van der Waals surface area (Å²) in [5.74, 6) is -1.25. The number of halogens is 1. The molecule has 0 aliphatic rings. The minimum atomic E-state index is -4.00. The molecule has 0 aliphatic heterocycles. The smallest absolute Gasteiger partial charge is 0.335 e. The number of nitrogens with zero attached hydrogens (tertiary/aromatic N) is 2. The summed E-state index contributed by atoms with van der Waals surface area (Å²) < 4.78 is 29.6. The molecule has 2 aromatic carbocycles. The zero-order valence-electron chi connectivity index (χ0n) is 14.3. The quantitative estimate of drug-likeness (QED) is 0.654. The van der Waals surface area contributed by atoms with Crippen LogP contribution in [0.4, 0.5) is 5.69 Å². The maximum Gasteiger partial charge on any atom is 0.335 e. The summed E-state index contributed by atoms with van der Waals surface area (Å²) in [5, 5.41) is 13.3. The Morgan fingerprint density at radius 2 is 1.96 bits per heavy atom. The molecule has 0 fully saturated rings. The Morgan fingerprint density at radius 3 is 2.56 bits per heavy atom. The molecule has 0 atom stereocenters. The molecule has 0 saturated heterocycles. The van der Waals surface area contributed by atoms with Crippen molar-refractivity contribution in [2.24, 2.45) is 0 Å². The molecule has 0 spiro atoms. The van der Waals surface area contributed by atoms with Crippen LogP contribution in [0, 0.1) is 6.92 Å². The maximum absolute atomic E-state index is 12.7. The number of anilines is 1. The van der Waals surface area contributed by atoms with Gasteiger partial charge in [-0.3, -0.25) is 9.40 Å². The molecule has 0 saturated carbocycles. The monoisotopic (exact) mass is 405 g/mol. The number of benzene rings is 2. The van der Waals surface area contributed by atoms with E-state index in [0.29, 0.717) is 12.2 Å². The van der Waals surface area contributed by atoms with Gasteiger partial charge in [-0.25, -0.2) is 13.2 Å². The van der Waals surface area contributed by atoms with Gasteiger partial charge in [-0.1, -0.05) is 23.7 Å². The molecular formula is C18H16ClN3O4S. The van der Waals surface area contributed by atoms with Crippen molar-refractivity contribution >= 4 is 33.3 Å². The fourth-order valence-corrected chi connectivity index (χ4v) is 4.15. The summed E-state index contributed by atoms with van der Waals surface area (Å²) in [5.41, 5.74) is 1.40. The first-order chi connectivity index (χ1) is 12.8. The molecule has 140 valence electrons. The lowest BCUT2D eigenvalue weighted by Gasteiger charge is -2.13. The maximum atomic E-state index is 12.7. The van der Waals surface area contributed by atoms with E-state index in [1.54, 1.807) is 35.1 Å². The third kappa shape index (κ3) is 4.29. The van der Waals surface area contributed by atoms with Gasteiger partial charge in [0.25, 0.3) is 10.0 Å². The van der Waals surface area contributed by atoms with E-state index in [0.717, 1.165) is 11.6 Å². The van der Waals surface area contributed by atoms with E-state index in [-0.39, 0.29) is 21.0 Å². The predicted octanol–water partition coefficient (Wildman–Crippen LogP) is 3.39. The molecule has 27 heavy (non-hydrogen) atoms. The van der Waals surface area contributed by atoms with Crippen molar-refractivity contribution in [2.75, 3.05) is 4.72 Å². The van der Waals surface area contributed by atoms with E-state index in [1.165, 1.54) is 13.0 Å². The van der Waals surface area contributed by atoms with Gasteiger partial charge in [0.2, 0.25) is 0 Å². The van der Waals surface area contributed by atoms with Gasteiger partial charge < -0.3 is 5.11 Å². The number of sulfonamides is 1. The van der Waals surface area contributed by atoms with Crippen LogP contribution in [-0.4, -0.2) is 29.3 Å². The Hall–Kier alpha value is -2.84. The molecule has 9 heteroatoms. The van der Waals surface area contributed by atoms with Crippen molar-refractivity contribution in [3.63, 3.8) is 0 Å². The first kappa shape index (κ1) is 18.9. The highest BCUT2D eigenvalue weighted by atomic mass is 35.5. The van der Waals surface area contributed by atoms with E-state index >= 15 is 0 Å². The van der Waals surface area contributed by atoms with Gasteiger partial charge in [0.15, 0.2) is 0 Å². The molecule has 1 heterocycles. The highest BCUT2D eigenvalue weighted by molar-refractivity contribution is 7.92. The first-order valence-electron chi connectivity index (χ1n) is 7.89. The van der Waals surface area contributed by atoms with Crippen LogP contribution >= 0.6 is 11.6 Å². The van der Waals surface area contributed by atoms with Crippen LogP contribution in [0.1, 0.15) is 21.5 Å². The van der Waals surface area contributed by atoms with Crippen molar-refractivity contribution < 1.29 is 18.3 Å². The Morgan fingerprint density at radius 1 is 1.26 bits per heavy atom. The molecule has 2 N–H and O–H groups in total. The van der Waals surface area contributed by atoms with Crippen molar-refractivity contribution in [2.45, 2.75) is 18.4 Å². The van der Waals surface area contributed by atoms with E-state index in [2.05, 4.69) is 9.82 Å². The standard InChI is InChI=1S/C18H16ClN3O4S/c1-12-16(19)9-14(18(23)24)10-17(12)27(25,26)21-15-5-3-13(4-6-15)11-22-8-2-7-20-22/h2-10,21H,11H2,1H3,(H,23,24). The highest BCUT2D eigenvalue weighted by Gasteiger charge is 2.21. The van der Waals surface area contributed by atoms with Crippen LogP contribution in [0.3, 0.4) is 0 Å². The minimum Gasteiger partial charge on any atom is -0.478 e. The number of nitrogens with one attached hydrogen (secondary N) is 1. The second-order valence-corrected chi connectivity index (χ2v) is 7.95. The Balaban J connectivity index is 1.85. The van der Waals surface area contributed by atoms with Crippen LogP contribution in [0.5, 0.6) is 0 Å². The van der Waals surface area contributed by atoms with Gasteiger partial charge >= 0.3 is 5.97 Å². The summed E-state index contributed by atoms with van der Waals surface area (Å²) >= 11 is 6.00. The average molecular weight is 406 g/mol. The molecule has 0 unspecified atom stereocenters. The molecule has 7 nitrogen and oxygen atoms in total. The van der Waals surface area contributed by atoms with E-state index in [1.807, 2.05) is 12.3 Å². The Kier molecular flexibility index (Phi) is 5.20. The van der Waals surface area contributed by atoms with Crippen LogP contribution in [0.2, 0.25) is 5.02 Å². The van der Waals surface area contributed by atoms with E-state index < -0.39 is 16.0 Å². The Bertz CT molecular complexity index is 1080. The summed E-state index contributed by atoms with van der Waals surface area (Å²) in [6, 6.07) is 11.0. The van der Waals surface area contributed by atoms with Crippen molar-refractivity contribution in [1.29, 1.82) is 0 Å². The van der Waals surface area contributed by atoms with E-state index in [9.17, 15) is 13.2 Å². The SMILES string of the molecule is Cc1c(Cl)cc(C(=O)O)cc1S(=O)(=O)Nc1ccc(Cn2cccn2)cc1.